The van der Waals surface area contributed by atoms with E-state index in [2.05, 4.69) is 20.7 Å². The van der Waals surface area contributed by atoms with E-state index in [4.69, 9.17) is 0 Å². The van der Waals surface area contributed by atoms with Crippen LogP contribution in [0.3, 0.4) is 0 Å². The van der Waals surface area contributed by atoms with Crippen molar-refractivity contribution in [1.29, 1.82) is 0 Å². The molecule has 2 atom stereocenters. The lowest BCUT2D eigenvalue weighted by molar-refractivity contribution is 0.229. The molecule has 0 spiro atoms. The summed E-state index contributed by atoms with van der Waals surface area (Å²) in [6.45, 7) is 1.12. The Balaban J connectivity index is 1.95. The van der Waals surface area contributed by atoms with Gasteiger partial charge >= 0.3 is 0 Å². The molecular formula is C11H21N5. The van der Waals surface area contributed by atoms with Gasteiger partial charge in [0.1, 0.15) is 0 Å². The van der Waals surface area contributed by atoms with Crippen molar-refractivity contribution in [2.45, 2.75) is 32.1 Å². The smallest absolute Gasteiger partial charge is 0.175 e. The van der Waals surface area contributed by atoms with Crippen LogP contribution in [0.5, 0.6) is 0 Å². The van der Waals surface area contributed by atoms with Gasteiger partial charge in [0.25, 0.3) is 0 Å². The minimum Gasteiger partial charge on any atom is -0.319 e. The first-order valence-corrected chi connectivity index (χ1v) is 6.17. The predicted octanol–water partition coefficient (Wildman–Crippen LogP) is 0.778. The number of tetrazole rings is 1. The summed E-state index contributed by atoms with van der Waals surface area (Å²) in [7, 11) is 3.86. The van der Waals surface area contributed by atoms with Crippen LogP contribution in [0.15, 0.2) is 0 Å². The van der Waals surface area contributed by atoms with Crippen molar-refractivity contribution in [3.8, 4) is 0 Å². The highest BCUT2D eigenvalue weighted by molar-refractivity contribution is 4.86. The van der Waals surface area contributed by atoms with Gasteiger partial charge in [0.2, 0.25) is 0 Å². The van der Waals surface area contributed by atoms with E-state index in [-0.39, 0.29) is 0 Å². The molecule has 2 rings (SSSR count). The van der Waals surface area contributed by atoms with Crippen molar-refractivity contribution in [3.05, 3.63) is 5.82 Å². The molecule has 16 heavy (non-hydrogen) atoms. The van der Waals surface area contributed by atoms with Crippen molar-refractivity contribution < 1.29 is 0 Å². The van der Waals surface area contributed by atoms with E-state index in [0.717, 1.165) is 30.6 Å². The highest BCUT2D eigenvalue weighted by Crippen LogP contribution is 2.31. The summed E-state index contributed by atoms with van der Waals surface area (Å²) in [6.07, 6.45) is 6.36. The van der Waals surface area contributed by atoms with E-state index < -0.39 is 0 Å². The Hall–Kier alpha value is -0.970. The number of aromatic nitrogens is 4. The van der Waals surface area contributed by atoms with Crippen LogP contribution >= 0.6 is 0 Å². The Morgan fingerprint density at radius 3 is 2.69 bits per heavy atom. The first-order valence-electron chi connectivity index (χ1n) is 6.17. The summed E-state index contributed by atoms with van der Waals surface area (Å²) in [5.74, 6) is 2.41. The molecule has 1 aromatic rings. The first-order chi connectivity index (χ1) is 7.79. The maximum Gasteiger partial charge on any atom is 0.175 e. The maximum atomic E-state index is 4.27. The van der Waals surface area contributed by atoms with Gasteiger partial charge in [-0.1, -0.05) is 12.8 Å². The Morgan fingerprint density at radius 1 is 1.31 bits per heavy atom. The van der Waals surface area contributed by atoms with Crippen LogP contribution in [0, 0.1) is 11.8 Å². The molecule has 0 aliphatic heterocycles. The summed E-state index contributed by atoms with van der Waals surface area (Å²) in [5, 5.41) is 15.5. The summed E-state index contributed by atoms with van der Waals surface area (Å²) in [6, 6.07) is 0. The van der Waals surface area contributed by atoms with E-state index >= 15 is 0 Å². The third-order valence-electron chi connectivity index (χ3n) is 3.53. The van der Waals surface area contributed by atoms with Gasteiger partial charge < -0.3 is 5.32 Å². The molecule has 90 valence electrons. The van der Waals surface area contributed by atoms with Crippen LogP contribution in [-0.2, 0) is 13.5 Å². The summed E-state index contributed by atoms with van der Waals surface area (Å²) < 4.78 is 0. The average Bonchev–Trinajstić information content (AvgIpc) is 2.67. The van der Waals surface area contributed by atoms with Gasteiger partial charge in [-0.2, -0.15) is 4.80 Å². The summed E-state index contributed by atoms with van der Waals surface area (Å²) in [5.41, 5.74) is 0. The van der Waals surface area contributed by atoms with Gasteiger partial charge in [0.05, 0.1) is 7.05 Å². The molecule has 1 aliphatic carbocycles. The fourth-order valence-electron chi connectivity index (χ4n) is 2.72. The number of nitrogens with zero attached hydrogens (tertiary/aromatic N) is 4. The molecule has 0 bridgehead atoms. The lowest BCUT2D eigenvalue weighted by atomic mass is 9.77. The van der Waals surface area contributed by atoms with Crippen molar-refractivity contribution in [3.63, 3.8) is 0 Å². The van der Waals surface area contributed by atoms with Crippen LogP contribution < -0.4 is 5.32 Å². The number of hydrogen-bond donors (Lipinski definition) is 1. The minimum absolute atomic E-state index is 0.727. The zero-order valence-electron chi connectivity index (χ0n) is 10.2. The maximum absolute atomic E-state index is 4.27. The van der Waals surface area contributed by atoms with Crippen LogP contribution in [0.4, 0.5) is 0 Å². The Morgan fingerprint density at radius 2 is 2.06 bits per heavy atom. The lowest BCUT2D eigenvalue weighted by Gasteiger charge is -2.30. The fraction of sp³-hybridized carbons (Fsp3) is 0.909. The standard InChI is InChI=1S/C11H21N5/c1-12-8-10-6-4-3-5-9(10)7-11-13-15-16(2)14-11/h9-10,12H,3-8H2,1-2H3. The van der Waals surface area contributed by atoms with Crippen molar-refractivity contribution in [2.24, 2.45) is 18.9 Å². The zero-order chi connectivity index (χ0) is 11.4. The third kappa shape index (κ3) is 2.78. The highest BCUT2D eigenvalue weighted by atomic mass is 15.6. The minimum atomic E-state index is 0.727. The van der Waals surface area contributed by atoms with Crippen LogP contribution in [0.1, 0.15) is 31.5 Å². The van der Waals surface area contributed by atoms with Crippen LogP contribution in [-0.4, -0.2) is 33.8 Å². The monoisotopic (exact) mass is 223 g/mol. The lowest BCUT2D eigenvalue weighted by Crippen LogP contribution is -2.30. The topological polar surface area (TPSA) is 55.6 Å². The van der Waals surface area contributed by atoms with Gasteiger partial charge in [-0.15, -0.1) is 10.2 Å². The van der Waals surface area contributed by atoms with Crippen molar-refractivity contribution >= 4 is 0 Å². The third-order valence-corrected chi connectivity index (χ3v) is 3.53. The number of hydrogen-bond acceptors (Lipinski definition) is 4. The second-order valence-corrected chi connectivity index (χ2v) is 4.76. The van der Waals surface area contributed by atoms with Crippen molar-refractivity contribution in [2.75, 3.05) is 13.6 Å². The normalized spacial score (nSPS) is 25.9. The molecule has 1 N–H and O–H groups in total. The molecule has 1 aromatic heterocycles. The number of aryl methyl sites for hydroxylation is 1. The quantitative estimate of drug-likeness (QED) is 0.819. The highest BCUT2D eigenvalue weighted by Gasteiger charge is 2.25. The van der Waals surface area contributed by atoms with Gasteiger partial charge in [-0.25, -0.2) is 0 Å². The predicted molar refractivity (Wildman–Crippen MR) is 61.9 cm³/mol. The summed E-state index contributed by atoms with van der Waals surface area (Å²) >= 11 is 0. The van der Waals surface area contributed by atoms with E-state index in [0.29, 0.717) is 0 Å². The van der Waals surface area contributed by atoms with Crippen molar-refractivity contribution in [1.82, 2.24) is 25.5 Å². The molecule has 1 saturated carbocycles. The Bertz CT molecular complexity index is 320. The Labute approximate surface area is 96.6 Å². The molecule has 1 fully saturated rings. The molecule has 5 nitrogen and oxygen atoms in total. The average molecular weight is 223 g/mol. The van der Waals surface area contributed by atoms with Gasteiger partial charge in [0, 0.05) is 6.42 Å². The van der Waals surface area contributed by atoms with E-state index in [1.807, 2.05) is 14.1 Å². The molecule has 1 heterocycles. The largest absolute Gasteiger partial charge is 0.319 e. The Kier molecular flexibility index (Phi) is 3.88. The molecule has 0 radical (unpaired) electrons. The molecule has 2 unspecified atom stereocenters. The van der Waals surface area contributed by atoms with E-state index in [1.54, 1.807) is 4.80 Å². The molecule has 0 aromatic carbocycles. The van der Waals surface area contributed by atoms with E-state index in [1.165, 1.54) is 25.7 Å². The van der Waals surface area contributed by atoms with Gasteiger partial charge in [-0.3, -0.25) is 0 Å². The first kappa shape index (κ1) is 11.5. The fourth-order valence-corrected chi connectivity index (χ4v) is 2.72. The molecule has 5 heteroatoms. The second-order valence-electron chi connectivity index (χ2n) is 4.76. The van der Waals surface area contributed by atoms with E-state index in [9.17, 15) is 0 Å². The zero-order valence-corrected chi connectivity index (χ0v) is 10.2. The number of rotatable bonds is 4. The molecule has 1 aliphatic rings. The van der Waals surface area contributed by atoms with Crippen LogP contribution in [0.2, 0.25) is 0 Å². The SMILES string of the molecule is CNCC1CCCCC1Cc1nnn(C)n1. The van der Waals surface area contributed by atoms with Gasteiger partial charge in [0.15, 0.2) is 5.82 Å². The van der Waals surface area contributed by atoms with Gasteiger partial charge in [-0.05, 0) is 43.5 Å². The second kappa shape index (κ2) is 5.39. The van der Waals surface area contributed by atoms with Crippen LogP contribution in [0.25, 0.3) is 0 Å². The molecular weight excluding hydrogens is 202 g/mol. The summed E-state index contributed by atoms with van der Waals surface area (Å²) in [4.78, 5) is 1.55. The number of nitrogens with one attached hydrogen (secondary N) is 1. The molecule has 0 saturated heterocycles. The molecule has 0 amide bonds.